The largest absolute Gasteiger partial charge is 0.456 e. The Morgan fingerprint density at radius 3 is 1.37 bits per heavy atom. The average molecular weight is 730 g/mol. The van der Waals surface area contributed by atoms with Crippen molar-refractivity contribution in [1.29, 1.82) is 0 Å². The quantitative estimate of drug-likeness (QED) is 0.177. The summed E-state index contributed by atoms with van der Waals surface area (Å²) < 4.78 is 11.0. The molecule has 4 heterocycles. The van der Waals surface area contributed by atoms with E-state index in [1.165, 1.54) is 0 Å². The number of furan rings is 1. The summed E-state index contributed by atoms with van der Waals surface area (Å²) in [5.41, 5.74) is 11.0. The summed E-state index contributed by atoms with van der Waals surface area (Å²) in [5.74, 6) is 1.78. The number of hydrogen-bond donors (Lipinski definition) is 0. The Balaban J connectivity index is 1.16. The summed E-state index contributed by atoms with van der Waals surface area (Å²) in [5, 5.41) is 6.58. The molecule has 266 valence electrons. The molecule has 4 aromatic heterocycles. The lowest BCUT2D eigenvalue weighted by molar-refractivity contribution is 0.669. The van der Waals surface area contributed by atoms with E-state index < -0.39 is 0 Å². The predicted molar refractivity (Wildman–Crippen MR) is 232 cm³/mol. The van der Waals surface area contributed by atoms with Gasteiger partial charge in [-0.05, 0) is 66.7 Å². The molecule has 12 rings (SSSR count). The zero-order valence-corrected chi connectivity index (χ0v) is 30.5. The van der Waals surface area contributed by atoms with Gasteiger partial charge in [0.15, 0.2) is 17.5 Å². The molecule has 0 fully saturated rings. The molecule has 0 saturated carbocycles. The van der Waals surface area contributed by atoms with E-state index in [-0.39, 0.29) is 0 Å². The van der Waals surface area contributed by atoms with Crippen LogP contribution >= 0.6 is 0 Å². The fourth-order valence-corrected chi connectivity index (χ4v) is 8.73. The van der Waals surface area contributed by atoms with Gasteiger partial charge in [-0.25, -0.2) is 15.0 Å². The van der Waals surface area contributed by atoms with Crippen molar-refractivity contribution in [3.8, 4) is 45.5 Å². The van der Waals surface area contributed by atoms with Gasteiger partial charge in [0.25, 0.3) is 0 Å². The molecule has 0 unspecified atom stereocenters. The Kier molecular flexibility index (Phi) is 6.83. The molecule has 8 aromatic carbocycles. The van der Waals surface area contributed by atoms with Crippen molar-refractivity contribution in [3.05, 3.63) is 188 Å². The summed E-state index contributed by atoms with van der Waals surface area (Å²) >= 11 is 0. The topological polar surface area (TPSA) is 61.7 Å². The minimum Gasteiger partial charge on any atom is -0.456 e. The third-order valence-electron chi connectivity index (χ3n) is 11.2. The molecule has 0 amide bonds. The molecular weight excluding hydrogens is 699 g/mol. The molecule has 0 bridgehead atoms. The standard InChI is InChI=1S/C51H31N5O/c1-3-15-33(16-4-1)55-41-24-10-7-20-37(41)47-39(22-13-26-43(47)55)50-52-49(32-29-30-36-35-19-9-12-28-45(35)57-46(36)31-32)53-51(54-50)40-23-14-27-44-48(40)38-21-8-11-25-42(38)56(44)34-17-5-2-6-18-34/h1-31H. The maximum absolute atomic E-state index is 6.37. The van der Waals surface area contributed by atoms with Gasteiger partial charge in [0.2, 0.25) is 0 Å². The highest BCUT2D eigenvalue weighted by Gasteiger charge is 2.22. The van der Waals surface area contributed by atoms with E-state index in [9.17, 15) is 0 Å². The van der Waals surface area contributed by atoms with Crippen LogP contribution in [-0.2, 0) is 0 Å². The van der Waals surface area contributed by atoms with Crippen LogP contribution in [0.25, 0.3) is 111 Å². The van der Waals surface area contributed by atoms with Gasteiger partial charge in [-0.3, -0.25) is 0 Å². The maximum Gasteiger partial charge on any atom is 0.164 e. The second-order valence-corrected chi connectivity index (χ2v) is 14.4. The summed E-state index contributed by atoms with van der Waals surface area (Å²) in [4.78, 5) is 16.0. The monoisotopic (exact) mass is 729 g/mol. The molecule has 0 aliphatic rings. The maximum atomic E-state index is 6.37. The second-order valence-electron chi connectivity index (χ2n) is 14.4. The highest BCUT2D eigenvalue weighted by atomic mass is 16.3. The first-order valence-electron chi connectivity index (χ1n) is 19.1. The third kappa shape index (κ3) is 4.81. The fourth-order valence-electron chi connectivity index (χ4n) is 8.73. The molecule has 0 radical (unpaired) electrons. The van der Waals surface area contributed by atoms with Crippen LogP contribution in [0.5, 0.6) is 0 Å². The Morgan fingerprint density at radius 1 is 0.333 bits per heavy atom. The lowest BCUT2D eigenvalue weighted by Crippen LogP contribution is -2.01. The van der Waals surface area contributed by atoms with E-state index >= 15 is 0 Å². The zero-order chi connectivity index (χ0) is 37.5. The van der Waals surface area contributed by atoms with Crippen LogP contribution in [0.3, 0.4) is 0 Å². The number of hydrogen-bond acceptors (Lipinski definition) is 4. The van der Waals surface area contributed by atoms with E-state index in [0.717, 1.165) is 93.6 Å². The van der Waals surface area contributed by atoms with Crippen LogP contribution in [-0.4, -0.2) is 24.1 Å². The van der Waals surface area contributed by atoms with Gasteiger partial charge in [0.1, 0.15) is 11.2 Å². The van der Waals surface area contributed by atoms with Crippen LogP contribution in [0.15, 0.2) is 192 Å². The first-order valence-corrected chi connectivity index (χ1v) is 19.1. The van der Waals surface area contributed by atoms with Crippen LogP contribution in [0.1, 0.15) is 0 Å². The molecule has 0 atom stereocenters. The first kappa shape index (κ1) is 31.5. The lowest BCUT2D eigenvalue weighted by atomic mass is 10.0. The number of fused-ring (bicyclic) bond motifs is 9. The summed E-state index contributed by atoms with van der Waals surface area (Å²) in [6.45, 7) is 0. The molecule has 0 N–H and O–H groups in total. The van der Waals surface area contributed by atoms with Crippen molar-refractivity contribution in [2.24, 2.45) is 0 Å². The fraction of sp³-hybridized carbons (Fsp3) is 0. The van der Waals surface area contributed by atoms with Crippen molar-refractivity contribution < 1.29 is 4.42 Å². The molecule has 12 aromatic rings. The minimum atomic E-state index is 0.574. The molecule has 6 nitrogen and oxygen atoms in total. The highest BCUT2D eigenvalue weighted by molar-refractivity contribution is 6.17. The van der Waals surface area contributed by atoms with Crippen LogP contribution in [0.2, 0.25) is 0 Å². The minimum absolute atomic E-state index is 0.574. The van der Waals surface area contributed by atoms with Gasteiger partial charge in [-0.15, -0.1) is 0 Å². The normalized spacial score (nSPS) is 11.9. The molecule has 6 heteroatoms. The number of rotatable bonds is 5. The Hall–Kier alpha value is -7.83. The van der Waals surface area contributed by atoms with Gasteiger partial charge in [0.05, 0.1) is 22.1 Å². The molecule has 0 spiro atoms. The highest BCUT2D eigenvalue weighted by Crippen LogP contribution is 2.41. The van der Waals surface area contributed by atoms with Crippen molar-refractivity contribution in [2.75, 3.05) is 0 Å². The predicted octanol–water partition coefficient (Wildman–Crippen LogP) is 13.0. The zero-order valence-electron chi connectivity index (χ0n) is 30.5. The average Bonchev–Trinajstić information content (AvgIpc) is 3.94. The summed E-state index contributed by atoms with van der Waals surface area (Å²) in [7, 11) is 0. The lowest BCUT2D eigenvalue weighted by Gasteiger charge is -2.11. The first-order chi connectivity index (χ1) is 28.3. The Morgan fingerprint density at radius 2 is 0.789 bits per heavy atom. The molecule has 0 aliphatic heterocycles. The molecule has 0 saturated heterocycles. The number of nitrogens with zero attached hydrogens (tertiary/aromatic N) is 5. The van der Waals surface area contributed by atoms with Gasteiger partial charge in [-0.2, -0.15) is 0 Å². The molecular formula is C51H31N5O. The van der Waals surface area contributed by atoms with Crippen molar-refractivity contribution in [1.82, 2.24) is 24.1 Å². The second kappa shape index (κ2) is 12.3. The van der Waals surface area contributed by atoms with Crippen LogP contribution in [0, 0.1) is 0 Å². The smallest absolute Gasteiger partial charge is 0.164 e. The van der Waals surface area contributed by atoms with E-state index in [1.807, 2.05) is 18.2 Å². The Labute approximate surface area is 326 Å². The van der Waals surface area contributed by atoms with Gasteiger partial charge in [-0.1, -0.05) is 121 Å². The third-order valence-corrected chi connectivity index (χ3v) is 11.2. The Bertz CT molecular complexity index is 3350. The molecule has 57 heavy (non-hydrogen) atoms. The van der Waals surface area contributed by atoms with Crippen molar-refractivity contribution >= 4 is 65.6 Å². The number of para-hydroxylation sites is 5. The van der Waals surface area contributed by atoms with E-state index in [1.54, 1.807) is 0 Å². The summed E-state index contributed by atoms with van der Waals surface area (Å²) in [6, 6.07) is 65.4. The van der Waals surface area contributed by atoms with Crippen molar-refractivity contribution in [3.63, 3.8) is 0 Å². The van der Waals surface area contributed by atoms with Crippen LogP contribution < -0.4 is 0 Å². The van der Waals surface area contributed by atoms with E-state index in [2.05, 4.69) is 179 Å². The van der Waals surface area contributed by atoms with Crippen LogP contribution in [0.4, 0.5) is 0 Å². The molecule has 0 aliphatic carbocycles. The number of benzene rings is 8. The van der Waals surface area contributed by atoms with Crippen molar-refractivity contribution in [2.45, 2.75) is 0 Å². The van der Waals surface area contributed by atoms with E-state index in [0.29, 0.717) is 17.5 Å². The van der Waals surface area contributed by atoms with E-state index in [4.69, 9.17) is 19.4 Å². The van der Waals surface area contributed by atoms with Gasteiger partial charge >= 0.3 is 0 Å². The van der Waals surface area contributed by atoms with Gasteiger partial charge < -0.3 is 13.6 Å². The summed E-state index contributed by atoms with van der Waals surface area (Å²) in [6.07, 6.45) is 0. The number of aromatic nitrogens is 5. The SMILES string of the molecule is c1ccc(-n2c3ccccc3c3c(-c4nc(-c5ccc6c(c5)oc5ccccc56)nc(-c5cccc6c5c5ccccc5n6-c5ccccc5)n4)cccc32)cc1. The van der Waals surface area contributed by atoms with Gasteiger partial charge in [0, 0.05) is 60.4 Å².